The Morgan fingerprint density at radius 2 is 1.90 bits per heavy atom. The minimum atomic E-state index is -0.482. The van der Waals surface area contributed by atoms with Gasteiger partial charge in [-0.15, -0.1) is 0 Å². The maximum absolute atomic E-state index is 13.2. The number of aromatic nitrogens is 4. The fraction of sp³-hybridized carbons (Fsp3) is 0.400. The number of nitrogens with zero attached hydrogens (tertiary/aromatic N) is 4. The number of benzene rings is 1. The predicted octanol–water partition coefficient (Wildman–Crippen LogP) is 2.61. The van der Waals surface area contributed by atoms with Gasteiger partial charge in [0.25, 0.3) is 5.56 Å². The molecule has 0 fully saturated rings. The second-order valence-corrected chi connectivity index (χ2v) is 7.52. The highest BCUT2D eigenvalue weighted by Crippen LogP contribution is 2.16. The lowest BCUT2D eigenvalue weighted by Gasteiger charge is -2.13. The van der Waals surface area contributed by atoms with Crippen LogP contribution in [0.25, 0.3) is 16.9 Å². The van der Waals surface area contributed by atoms with Gasteiger partial charge < -0.3 is 9.30 Å². The van der Waals surface area contributed by atoms with Crippen molar-refractivity contribution in [1.29, 1.82) is 0 Å². The molecular formula is C20H23ClN4O4. The molecule has 1 aromatic carbocycles. The first-order valence-electron chi connectivity index (χ1n) is 9.45. The molecule has 0 spiro atoms. The number of ether oxygens (including phenoxy) is 1. The summed E-state index contributed by atoms with van der Waals surface area (Å²) in [5, 5.41) is 0.527. The van der Waals surface area contributed by atoms with Crippen molar-refractivity contribution in [3.63, 3.8) is 0 Å². The van der Waals surface area contributed by atoms with Gasteiger partial charge >= 0.3 is 11.7 Å². The number of hydrogen-bond acceptors (Lipinski definition) is 5. The quantitative estimate of drug-likeness (QED) is 0.550. The van der Waals surface area contributed by atoms with E-state index in [0.717, 1.165) is 0 Å². The number of hydrogen-bond donors (Lipinski definition) is 0. The van der Waals surface area contributed by atoms with Crippen LogP contribution in [0.5, 0.6) is 0 Å². The van der Waals surface area contributed by atoms with Crippen LogP contribution >= 0.6 is 11.6 Å². The molecule has 2 heterocycles. The van der Waals surface area contributed by atoms with Gasteiger partial charge in [-0.2, -0.15) is 0 Å². The van der Waals surface area contributed by atoms with Crippen molar-refractivity contribution in [2.75, 3.05) is 6.61 Å². The molecule has 8 nitrogen and oxygen atoms in total. The predicted molar refractivity (Wildman–Crippen MR) is 111 cm³/mol. The van der Waals surface area contributed by atoms with Crippen LogP contribution < -0.4 is 11.2 Å². The lowest BCUT2D eigenvalue weighted by atomic mass is 10.1. The highest BCUT2D eigenvalue weighted by molar-refractivity contribution is 6.30. The van der Waals surface area contributed by atoms with Crippen LogP contribution in [0.15, 0.2) is 40.2 Å². The van der Waals surface area contributed by atoms with Crippen LogP contribution in [0.1, 0.15) is 27.2 Å². The summed E-state index contributed by atoms with van der Waals surface area (Å²) in [4.78, 5) is 42.5. The SMILES string of the molecule is CCOC(=O)Cn1cnc2c1c(=O)n(CCC(C)C)c(=O)n2-c1ccc(Cl)cc1. The molecule has 0 aliphatic carbocycles. The average Bonchev–Trinajstić information content (AvgIpc) is 3.06. The summed E-state index contributed by atoms with van der Waals surface area (Å²) in [6.07, 6.45) is 2.04. The van der Waals surface area contributed by atoms with Gasteiger partial charge in [0.15, 0.2) is 11.2 Å². The van der Waals surface area contributed by atoms with Gasteiger partial charge in [-0.05, 0) is 43.5 Å². The Morgan fingerprint density at radius 3 is 2.52 bits per heavy atom. The van der Waals surface area contributed by atoms with Crippen molar-refractivity contribution in [2.45, 2.75) is 40.3 Å². The third-order valence-electron chi connectivity index (χ3n) is 4.52. The van der Waals surface area contributed by atoms with Crippen LogP contribution in [0.2, 0.25) is 5.02 Å². The topological polar surface area (TPSA) is 88.1 Å². The molecule has 2 aromatic heterocycles. The van der Waals surface area contributed by atoms with Gasteiger partial charge in [-0.25, -0.2) is 14.3 Å². The molecule has 0 bridgehead atoms. The minimum absolute atomic E-state index is 0.164. The fourth-order valence-electron chi connectivity index (χ4n) is 3.05. The summed E-state index contributed by atoms with van der Waals surface area (Å²) in [5.74, 6) is -0.172. The van der Waals surface area contributed by atoms with Crippen LogP contribution in [0.3, 0.4) is 0 Å². The van der Waals surface area contributed by atoms with Crippen LogP contribution in [-0.4, -0.2) is 31.3 Å². The zero-order chi connectivity index (χ0) is 21.1. The summed E-state index contributed by atoms with van der Waals surface area (Å²) in [7, 11) is 0. The first-order valence-corrected chi connectivity index (χ1v) is 9.83. The van der Waals surface area contributed by atoms with E-state index in [0.29, 0.717) is 23.0 Å². The second kappa shape index (κ2) is 8.65. The van der Waals surface area contributed by atoms with E-state index in [2.05, 4.69) is 4.98 Å². The van der Waals surface area contributed by atoms with Gasteiger partial charge in [0, 0.05) is 11.6 Å². The van der Waals surface area contributed by atoms with Gasteiger partial charge in [0.05, 0.1) is 18.6 Å². The third-order valence-corrected chi connectivity index (χ3v) is 4.77. The monoisotopic (exact) mass is 418 g/mol. The zero-order valence-corrected chi connectivity index (χ0v) is 17.3. The van der Waals surface area contributed by atoms with E-state index in [9.17, 15) is 14.4 Å². The van der Waals surface area contributed by atoms with Crippen molar-refractivity contribution in [2.24, 2.45) is 5.92 Å². The molecule has 0 radical (unpaired) electrons. The number of fused-ring (bicyclic) bond motifs is 1. The van der Waals surface area contributed by atoms with E-state index in [1.807, 2.05) is 13.8 Å². The Hall–Kier alpha value is -2.87. The number of carbonyl (C=O) groups is 1. The van der Waals surface area contributed by atoms with E-state index < -0.39 is 17.2 Å². The number of esters is 1. The van der Waals surface area contributed by atoms with Crippen LogP contribution in [0.4, 0.5) is 0 Å². The summed E-state index contributed by atoms with van der Waals surface area (Å²) in [6, 6.07) is 6.69. The summed E-state index contributed by atoms with van der Waals surface area (Å²) in [5.41, 5.74) is -0.0580. The van der Waals surface area contributed by atoms with E-state index >= 15 is 0 Å². The van der Waals surface area contributed by atoms with Crippen molar-refractivity contribution in [1.82, 2.24) is 18.7 Å². The summed E-state index contributed by atoms with van der Waals surface area (Å²) < 4.78 is 8.97. The molecule has 9 heteroatoms. The first-order chi connectivity index (χ1) is 13.8. The third kappa shape index (κ3) is 4.27. The van der Waals surface area contributed by atoms with E-state index in [1.165, 1.54) is 20.0 Å². The second-order valence-electron chi connectivity index (χ2n) is 7.08. The van der Waals surface area contributed by atoms with Crippen molar-refractivity contribution in [3.05, 3.63) is 56.5 Å². The maximum Gasteiger partial charge on any atom is 0.337 e. The van der Waals surface area contributed by atoms with Crippen molar-refractivity contribution >= 4 is 28.7 Å². The maximum atomic E-state index is 13.2. The largest absolute Gasteiger partial charge is 0.465 e. The van der Waals surface area contributed by atoms with E-state index in [-0.39, 0.29) is 30.9 Å². The number of imidazole rings is 1. The van der Waals surface area contributed by atoms with Gasteiger partial charge in [-0.1, -0.05) is 25.4 Å². The molecule has 0 amide bonds. The van der Waals surface area contributed by atoms with E-state index in [4.69, 9.17) is 16.3 Å². The first kappa shape index (κ1) is 20.9. The van der Waals surface area contributed by atoms with E-state index in [1.54, 1.807) is 31.2 Å². The Bertz CT molecular complexity index is 1140. The number of carbonyl (C=O) groups excluding carboxylic acids is 1. The fourth-order valence-corrected chi connectivity index (χ4v) is 3.18. The lowest BCUT2D eigenvalue weighted by Crippen LogP contribution is -2.40. The normalized spacial score (nSPS) is 11.3. The molecule has 0 aliphatic rings. The molecule has 0 saturated heterocycles. The van der Waals surface area contributed by atoms with Gasteiger partial charge in [0.2, 0.25) is 0 Å². The molecule has 0 N–H and O–H groups in total. The summed E-state index contributed by atoms with van der Waals surface area (Å²) >= 11 is 5.98. The molecular weight excluding hydrogens is 396 g/mol. The lowest BCUT2D eigenvalue weighted by molar-refractivity contribution is -0.143. The minimum Gasteiger partial charge on any atom is -0.465 e. The Morgan fingerprint density at radius 1 is 1.21 bits per heavy atom. The molecule has 0 atom stereocenters. The Balaban J connectivity index is 2.26. The molecule has 0 saturated carbocycles. The molecule has 154 valence electrons. The molecule has 0 aliphatic heterocycles. The molecule has 0 unspecified atom stereocenters. The smallest absolute Gasteiger partial charge is 0.337 e. The van der Waals surface area contributed by atoms with Crippen LogP contribution in [0, 0.1) is 5.92 Å². The van der Waals surface area contributed by atoms with Crippen molar-refractivity contribution in [3.8, 4) is 5.69 Å². The number of halogens is 1. The Kier molecular flexibility index (Phi) is 6.22. The standard InChI is InChI=1S/C20H23ClN4O4/c1-4-29-16(26)11-23-12-22-18-17(23)19(27)24(10-9-13(2)3)20(28)25(18)15-7-5-14(21)6-8-15/h5-8,12-13H,4,9-11H2,1-3H3. The average molecular weight is 419 g/mol. The number of rotatable bonds is 7. The zero-order valence-electron chi connectivity index (χ0n) is 16.6. The van der Waals surface area contributed by atoms with Gasteiger partial charge in [0.1, 0.15) is 6.54 Å². The Labute approximate surface area is 172 Å². The van der Waals surface area contributed by atoms with Crippen LogP contribution in [-0.2, 0) is 22.6 Å². The molecule has 3 aromatic rings. The highest BCUT2D eigenvalue weighted by Gasteiger charge is 2.20. The van der Waals surface area contributed by atoms with Crippen molar-refractivity contribution < 1.29 is 9.53 Å². The molecule has 29 heavy (non-hydrogen) atoms. The highest BCUT2D eigenvalue weighted by atomic mass is 35.5. The molecule has 3 rings (SSSR count). The van der Waals surface area contributed by atoms with Gasteiger partial charge in [-0.3, -0.25) is 14.2 Å². The summed E-state index contributed by atoms with van der Waals surface area (Å²) in [6.45, 7) is 6.09.